The first kappa shape index (κ1) is 9.65. The van der Waals surface area contributed by atoms with Gasteiger partial charge in [-0.1, -0.05) is 12.8 Å². The van der Waals surface area contributed by atoms with Crippen molar-refractivity contribution in [1.82, 2.24) is 14.8 Å². The van der Waals surface area contributed by atoms with Crippen molar-refractivity contribution < 1.29 is 5.11 Å². The second-order valence-corrected chi connectivity index (χ2v) is 3.86. The van der Waals surface area contributed by atoms with Gasteiger partial charge in [0.1, 0.15) is 12.4 Å². The first-order chi connectivity index (χ1) is 6.86. The molecule has 1 aliphatic carbocycles. The van der Waals surface area contributed by atoms with Crippen LogP contribution in [0.25, 0.3) is 0 Å². The van der Waals surface area contributed by atoms with Gasteiger partial charge in [-0.15, -0.1) is 10.2 Å². The van der Waals surface area contributed by atoms with Gasteiger partial charge in [0.2, 0.25) is 0 Å². The van der Waals surface area contributed by atoms with Gasteiger partial charge >= 0.3 is 0 Å². The topological polar surface area (TPSA) is 50.9 Å². The Labute approximate surface area is 84.0 Å². The fourth-order valence-corrected chi connectivity index (χ4v) is 2.30. The molecule has 14 heavy (non-hydrogen) atoms. The lowest BCUT2D eigenvalue weighted by Gasteiger charge is -2.10. The molecule has 0 radical (unpaired) electrons. The van der Waals surface area contributed by atoms with Crippen molar-refractivity contribution in [3.63, 3.8) is 0 Å². The molecular weight excluding hydrogens is 178 g/mol. The minimum absolute atomic E-state index is 0.00639. The highest BCUT2D eigenvalue weighted by atomic mass is 16.3. The van der Waals surface area contributed by atoms with Crippen molar-refractivity contribution in [2.24, 2.45) is 0 Å². The Bertz CT molecular complexity index is 302. The first-order valence-electron chi connectivity index (χ1n) is 5.39. The van der Waals surface area contributed by atoms with Crippen LogP contribution in [0.1, 0.15) is 50.2 Å². The summed E-state index contributed by atoms with van der Waals surface area (Å²) in [6, 6.07) is 0. The number of aromatic nitrogens is 3. The summed E-state index contributed by atoms with van der Waals surface area (Å²) in [6.07, 6.45) is 5.05. The quantitative estimate of drug-likeness (QED) is 0.794. The van der Waals surface area contributed by atoms with Gasteiger partial charge in [-0.3, -0.25) is 0 Å². The normalized spacial score (nSPS) is 17.9. The van der Waals surface area contributed by atoms with Crippen LogP contribution in [-0.4, -0.2) is 19.9 Å². The summed E-state index contributed by atoms with van der Waals surface area (Å²) in [5, 5.41) is 17.3. The molecule has 1 saturated carbocycles. The number of hydrogen-bond acceptors (Lipinski definition) is 3. The third-order valence-corrected chi connectivity index (χ3v) is 3.03. The van der Waals surface area contributed by atoms with Crippen molar-refractivity contribution in [3.05, 3.63) is 11.6 Å². The first-order valence-corrected chi connectivity index (χ1v) is 5.39. The van der Waals surface area contributed by atoms with E-state index >= 15 is 0 Å². The van der Waals surface area contributed by atoms with Crippen LogP contribution in [-0.2, 0) is 13.2 Å². The lowest BCUT2D eigenvalue weighted by Crippen LogP contribution is -2.08. The second kappa shape index (κ2) is 4.09. The van der Waals surface area contributed by atoms with E-state index in [-0.39, 0.29) is 6.61 Å². The highest BCUT2D eigenvalue weighted by Gasteiger charge is 2.23. The Morgan fingerprint density at radius 2 is 2.07 bits per heavy atom. The minimum Gasteiger partial charge on any atom is -0.388 e. The predicted molar refractivity (Wildman–Crippen MR) is 52.8 cm³/mol. The monoisotopic (exact) mass is 195 g/mol. The van der Waals surface area contributed by atoms with E-state index in [0.29, 0.717) is 11.7 Å². The van der Waals surface area contributed by atoms with Crippen molar-refractivity contribution in [1.29, 1.82) is 0 Å². The average Bonchev–Trinajstić information content (AvgIpc) is 2.85. The van der Waals surface area contributed by atoms with Crippen LogP contribution in [0.5, 0.6) is 0 Å². The van der Waals surface area contributed by atoms with Gasteiger partial charge in [-0.25, -0.2) is 0 Å². The zero-order valence-electron chi connectivity index (χ0n) is 8.61. The van der Waals surface area contributed by atoms with E-state index < -0.39 is 0 Å². The van der Waals surface area contributed by atoms with Gasteiger partial charge in [0.15, 0.2) is 5.82 Å². The van der Waals surface area contributed by atoms with Crippen molar-refractivity contribution in [3.8, 4) is 0 Å². The SMILES string of the molecule is CCn1c(CO)nnc1C1CCCC1. The van der Waals surface area contributed by atoms with E-state index in [1.54, 1.807) is 0 Å². The van der Waals surface area contributed by atoms with Crippen LogP contribution in [0.2, 0.25) is 0 Å². The molecule has 1 heterocycles. The molecule has 4 nitrogen and oxygen atoms in total. The van der Waals surface area contributed by atoms with Gasteiger partial charge in [0, 0.05) is 12.5 Å². The Morgan fingerprint density at radius 1 is 1.36 bits per heavy atom. The van der Waals surface area contributed by atoms with Crippen molar-refractivity contribution >= 4 is 0 Å². The van der Waals surface area contributed by atoms with Crippen molar-refractivity contribution in [2.45, 2.75) is 51.7 Å². The zero-order valence-corrected chi connectivity index (χ0v) is 8.61. The Morgan fingerprint density at radius 3 is 2.64 bits per heavy atom. The van der Waals surface area contributed by atoms with Crippen LogP contribution in [0.4, 0.5) is 0 Å². The molecule has 1 N–H and O–H groups in total. The summed E-state index contributed by atoms with van der Waals surface area (Å²) in [4.78, 5) is 0. The van der Waals surface area contributed by atoms with E-state index in [4.69, 9.17) is 5.11 Å². The lowest BCUT2D eigenvalue weighted by molar-refractivity contribution is 0.264. The number of rotatable bonds is 3. The highest BCUT2D eigenvalue weighted by Crippen LogP contribution is 2.33. The summed E-state index contributed by atoms with van der Waals surface area (Å²) in [7, 11) is 0. The van der Waals surface area contributed by atoms with Crippen molar-refractivity contribution in [2.75, 3.05) is 0 Å². The Kier molecular flexibility index (Phi) is 2.82. The summed E-state index contributed by atoms with van der Waals surface area (Å²) in [5.74, 6) is 2.35. The fourth-order valence-electron chi connectivity index (χ4n) is 2.30. The predicted octanol–water partition coefficient (Wildman–Crippen LogP) is 1.45. The molecule has 1 aromatic rings. The smallest absolute Gasteiger partial charge is 0.158 e. The molecule has 1 aliphatic rings. The summed E-state index contributed by atoms with van der Waals surface area (Å²) in [5.41, 5.74) is 0. The average molecular weight is 195 g/mol. The van der Waals surface area contributed by atoms with Gasteiger partial charge in [-0.2, -0.15) is 0 Å². The molecule has 0 aliphatic heterocycles. The van der Waals surface area contributed by atoms with Crippen LogP contribution in [0, 0.1) is 0 Å². The molecular formula is C10H17N3O. The summed E-state index contributed by atoms with van der Waals surface area (Å²) >= 11 is 0. The third kappa shape index (κ3) is 1.54. The number of hydrogen-bond donors (Lipinski definition) is 1. The van der Waals surface area contributed by atoms with Crippen LogP contribution in [0.3, 0.4) is 0 Å². The molecule has 0 spiro atoms. The molecule has 1 aromatic heterocycles. The maximum atomic E-state index is 9.08. The Hall–Kier alpha value is -0.900. The van der Waals surface area contributed by atoms with Crippen LogP contribution in [0.15, 0.2) is 0 Å². The highest BCUT2D eigenvalue weighted by molar-refractivity contribution is 5.03. The zero-order chi connectivity index (χ0) is 9.97. The molecule has 78 valence electrons. The molecule has 1 fully saturated rings. The largest absolute Gasteiger partial charge is 0.388 e. The molecule has 2 rings (SSSR count). The second-order valence-electron chi connectivity index (χ2n) is 3.86. The lowest BCUT2D eigenvalue weighted by atomic mass is 10.1. The number of nitrogens with zero attached hydrogens (tertiary/aromatic N) is 3. The van der Waals surface area contributed by atoms with E-state index in [0.717, 1.165) is 12.4 Å². The summed E-state index contributed by atoms with van der Waals surface area (Å²) < 4.78 is 2.05. The van der Waals surface area contributed by atoms with E-state index in [1.807, 2.05) is 0 Å². The number of aliphatic hydroxyl groups is 1. The maximum absolute atomic E-state index is 9.08. The molecule has 0 amide bonds. The molecule has 0 atom stereocenters. The van der Waals surface area contributed by atoms with Gasteiger partial charge in [0.05, 0.1) is 0 Å². The van der Waals surface area contributed by atoms with Crippen LogP contribution >= 0.6 is 0 Å². The standard InChI is InChI=1S/C10H17N3O/c1-2-13-9(7-14)11-12-10(13)8-5-3-4-6-8/h8,14H,2-7H2,1H3. The third-order valence-electron chi connectivity index (χ3n) is 3.03. The van der Waals surface area contributed by atoms with Gasteiger partial charge < -0.3 is 9.67 Å². The van der Waals surface area contributed by atoms with Gasteiger partial charge in [-0.05, 0) is 19.8 Å². The maximum Gasteiger partial charge on any atom is 0.158 e. The van der Waals surface area contributed by atoms with Crippen LogP contribution < -0.4 is 0 Å². The minimum atomic E-state index is -0.00639. The van der Waals surface area contributed by atoms with E-state index in [2.05, 4.69) is 21.7 Å². The molecule has 4 heteroatoms. The Balaban J connectivity index is 2.27. The molecule has 0 bridgehead atoms. The summed E-state index contributed by atoms with van der Waals surface area (Å²) in [6.45, 7) is 2.92. The fraction of sp³-hybridized carbons (Fsp3) is 0.800. The van der Waals surface area contributed by atoms with E-state index in [1.165, 1.54) is 25.7 Å². The number of aliphatic hydroxyl groups excluding tert-OH is 1. The van der Waals surface area contributed by atoms with E-state index in [9.17, 15) is 0 Å². The molecule has 0 unspecified atom stereocenters. The van der Waals surface area contributed by atoms with Gasteiger partial charge in [0.25, 0.3) is 0 Å². The molecule has 0 aromatic carbocycles. The molecule has 0 saturated heterocycles.